The Balaban J connectivity index is 1.55. The number of nitrogens with zero attached hydrogens (tertiary/aromatic N) is 2. The van der Waals surface area contributed by atoms with Crippen molar-refractivity contribution in [1.29, 1.82) is 0 Å². The molecule has 0 aromatic carbocycles. The minimum atomic E-state index is -0.0165. The molecule has 4 heteroatoms. The van der Waals surface area contributed by atoms with Crippen molar-refractivity contribution >= 4 is 5.91 Å². The van der Waals surface area contributed by atoms with E-state index in [2.05, 4.69) is 17.6 Å². The van der Waals surface area contributed by atoms with E-state index in [0.29, 0.717) is 5.92 Å². The third kappa shape index (κ3) is 3.16. The van der Waals surface area contributed by atoms with Crippen LogP contribution < -0.4 is 0 Å². The lowest BCUT2D eigenvalue weighted by atomic mass is 9.84. The first-order valence-electron chi connectivity index (χ1n) is 7.66. The van der Waals surface area contributed by atoms with E-state index in [0.717, 1.165) is 51.1 Å². The Kier molecular flexibility index (Phi) is 4.06. The average Bonchev–Trinajstić information content (AvgIpc) is 2.91. The molecule has 3 rings (SSSR count). The van der Waals surface area contributed by atoms with Gasteiger partial charge in [-0.3, -0.25) is 9.78 Å². The molecule has 2 aliphatic heterocycles. The predicted molar refractivity (Wildman–Crippen MR) is 80.7 cm³/mol. The molecule has 1 amide bonds. The van der Waals surface area contributed by atoms with Gasteiger partial charge in [0.25, 0.3) is 0 Å². The molecule has 112 valence electrons. The zero-order valence-electron chi connectivity index (χ0n) is 12.3. The fourth-order valence-corrected chi connectivity index (χ4v) is 3.50. The molecule has 3 heterocycles. The van der Waals surface area contributed by atoms with Crippen LogP contribution >= 0.6 is 0 Å². The van der Waals surface area contributed by atoms with E-state index in [-0.39, 0.29) is 11.5 Å². The van der Waals surface area contributed by atoms with Gasteiger partial charge in [0.15, 0.2) is 0 Å². The van der Waals surface area contributed by atoms with Crippen molar-refractivity contribution < 1.29 is 9.53 Å². The summed E-state index contributed by atoms with van der Waals surface area (Å²) in [6, 6.07) is 6.06. The maximum absolute atomic E-state index is 11.6. The highest BCUT2D eigenvalue weighted by Gasteiger charge is 2.43. The van der Waals surface area contributed by atoms with Crippen LogP contribution in [0, 0.1) is 5.92 Å². The zero-order valence-corrected chi connectivity index (χ0v) is 12.3. The van der Waals surface area contributed by atoms with E-state index < -0.39 is 0 Å². The van der Waals surface area contributed by atoms with Crippen molar-refractivity contribution in [2.45, 2.75) is 31.3 Å². The van der Waals surface area contributed by atoms with Crippen LogP contribution in [0.3, 0.4) is 0 Å². The topological polar surface area (TPSA) is 42.4 Å². The third-order valence-corrected chi connectivity index (χ3v) is 4.67. The summed E-state index contributed by atoms with van der Waals surface area (Å²) in [5.74, 6) is 0.578. The summed E-state index contributed by atoms with van der Waals surface area (Å²) in [5, 5.41) is 0. The SMILES string of the molecule is C=CC(=O)N1CCC2(CC1)CC(Cc1ccccn1)CO2. The number of rotatable bonds is 3. The molecule has 1 aromatic heterocycles. The largest absolute Gasteiger partial charge is 0.375 e. The molecule has 1 unspecified atom stereocenters. The molecule has 2 fully saturated rings. The van der Waals surface area contributed by atoms with Crippen molar-refractivity contribution in [2.75, 3.05) is 19.7 Å². The first-order chi connectivity index (χ1) is 10.2. The minimum absolute atomic E-state index is 0.0165. The fourth-order valence-electron chi connectivity index (χ4n) is 3.50. The number of carbonyl (C=O) groups excluding carboxylic acids is 1. The van der Waals surface area contributed by atoms with Gasteiger partial charge in [0, 0.05) is 25.0 Å². The number of hydrogen-bond acceptors (Lipinski definition) is 3. The van der Waals surface area contributed by atoms with E-state index in [4.69, 9.17) is 4.74 Å². The van der Waals surface area contributed by atoms with Gasteiger partial charge in [0.1, 0.15) is 0 Å². The summed E-state index contributed by atoms with van der Waals surface area (Å²) < 4.78 is 6.14. The van der Waals surface area contributed by atoms with E-state index in [1.165, 1.54) is 6.08 Å². The van der Waals surface area contributed by atoms with E-state index >= 15 is 0 Å². The lowest BCUT2D eigenvalue weighted by Crippen LogP contribution is -2.46. The van der Waals surface area contributed by atoms with Gasteiger partial charge in [-0.1, -0.05) is 12.6 Å². The number of aromatic nitrogens is 1. The molecule has 1 atom stereocenters. The summed E-state index contributed by atoms with van der Waals surface area (Å²) in [7, 11) is 0. The Labute approximate surface area is 125 Å². The molecular weight excluding hydrogens is 264 g/mol. The molecule has 21 heavy (non-hydrogen) atoms. The standard InChI is InChI=1S/C17H22N2O2/c1-2-16(20)19-9-6-17(7-10-19)12-14(13-21-17)11-15-5-3-4-8-18-15/h2-5,8,14H,1,6-7,9-13H2. The molecule has 0 saturated carbocycles. The van der Waals surface area contributed by atoms with Gasteiger partial charge in [-0.2, -0.15) is 0 Å². The Hall–Kier alpha value is -1.68. The highest BCUT2D eigenvalue weighted by atomic mass is 16.5. The quantitative estimate of drug-likeness (QED) is 0.800. The molecule has 1 spiro atoms. The maximum Gasteiger partial charge on any atom is 0.245 e. The van der Waals surface area contributed by atoms with Crippen molar-refractivity contribution in [3.05, 3.63) is 42.7 Å². The van der Waals surface area contributed by atoms with E-state index in [9.17, 15) is 4.79 Å². The van der Waals surface area contributed by atoms with Crippen LogP contribution in [0.4, 0.5) is 0 Å². The van der Waals surface area contributed by atoms with Gasteiger partial charge in [0.05, 0.1) is 12.2 Å². The maximum atomic E-state index is 11.6. The van der Waals surface area contributed by atoms with Crippen LogP contribution in [-0.4, -0.2) is 41.1 Å². The number of ether oxygens (including phenoxy) is 1. The zero-order chi connectivity index (χ0) is 14.7. The number of amides is 1. The van der Waals surface area contributed by atoms with E-state index in [1.807, 2.05) is 23.2 Å². The normalized spacial score (nSPS) is 24.2. The van der Waals surface area contributed by atoms with Gasteiger partial charge >= 0.3 is 0 Å². The Morgan fingerprint density at radius 1 is 1.48 bits per heavy atom. The van der Waals surface area contributed by atoms with Crippen LogP contribution in [0.25, 0.3) is 0 Å². The van der Waals surface area contributed by atoms with Gasteiger partial charge in [-0.25, -0.2) is 0 Å². The monoisotopic (exact) mass is 286 g/mol. The second kappa shape index (κ2) is 5.98. The fraction of sp³-hybridized carbons (Fsp3) is 0.529. The number of carbonyl (C=O) groups is 1. The molecule has 0 aliphatic carbocycles. The summed E-state index contributed by atoms with van der Waals surface area (Å²) in [6.07, 6.45) is 7.19. The number of likely N-dealkylation sites (tertiary alicyclic amines) is 1. The molecule has 0 radical (unpaired) electrons. The smallest absolute Gasteiger partial charge is 0.245 e. The van der Waals surface area contributed by atoms with Crippen LogP contribution in [0.2, 0.25) is 0 Å². The van der Waals surface area contributed by atoms with Crippen molar-refractivity contribution in [3.63, 3.8) is 0 Å². The molecule has 1 aromatic rings. The lowest BCUT2D eigenvalue weighted by molar-refractivity contribution is -0.130. The Morgan fingerprint density at radius 2 is 2.29 bits per heavy atom. The second-order valence-electron chi connectivity index (χ2n) is 6.12. The molecule has 2 saturated heterocycles. The van der Waals surface area contributed by atoms with Gasteiger partial charge in [-0.15, -0.1) is 0 Å². The molecule has 0 N–H and O–H groups in total. The van der Waals surface area contributed by atoms with Crippen LogP contribution in [0.15, 0.2) is 37.1 Å². The second-order valence-corrected chi connectivity index (χ2v) is 6.12. The molecule has 2 aliphatic rings. The minimum Gasteiger partial charge on any atom is -0.375 e. The Bertz CT molecular complexity index is 507. The molecule has 0 bridgehead atoms. The molecule has 4 nitrogen and oxygen atoms in total. The first-order valence-corrected chi connectivity index (χ1v) is 7.66. The Morgan fingerprint density at radius 3 is 2.95 bits per heavy atom. The van der Waals surface area contributed by atoms with Crippen molar-refractivity contribution in [2.24, 2.45) is 5.92 Å². The summed E-state index contributed by atoms with van der Waals surface area (Å²) in [5.41, 5.74) is 1.12. The average molecular weight is 286 g/mol. The summed E-state index contributed by atoms with van der Waals surface area (Å²) in [6.45, 7) is 5.92. The van der Waals surface area contributed by atoms with Gasteiger partial charge in [-0.05, 0) is 49.8 Å². The van der Waals surface area contributed by atoms with Crippen LogP contribution in [0.1, 0.15) is 25.0 Å². The number of hydrogen-bond donors (Lipinski definition) is 0. The number of pyridine rings is 1. The number of piperidine rings is 1. The summed E-state index contributed by atoms with van der Waals surface area (Å²) in [4.78, 5) is 17.9. The summed E-state index contributed by atoms with van der Waals surface area (Å²) >= 11 is 0. The van der Waals surface area contributed by atoms with E-state index in [1.54, 1.807) is 0 Å². The third-order valence-electron chi connectivity index (χ3n) is 4.67. The van der Waals surface area contributed by atoms with Crippen LogP contribution in [-0.2, 0) is 16.0 Å². The van der Waals surface area contributed by atoms with Gasteiger partial charge < -0.3 is 9.64 Å². The van der Waals surface area contributed by atoms with Gasteiger partial charge in [0.2, 0.25) is 5.91 Å². The van der Waals surface area contributed by atoms with Crippen molar-refractivity contribution in [1.82, 2.24) is 9.88 Å². The first kappa shape index (κ1) is 14.3. The molecular formula is C17H22N2O2. The van der Waals surface area contributed by atoms with Crippen molar-refractivity contribution in [3.8, 4) is 0 Å². The lowest BCUT2D eigenvalue weighted by Gasteiger charge is -2.38. The predicted octanol–water partition coefficient (Wildman–Crippen LogP) is 2.21. The van der Waals surface area contributed by atoms with Crippen LogP contribution in [0.5, 0.6) is 0 Å². The highest BCUT2D eigenvalue weighted by molar-refractivity contribution is 5.87. The highest BCUT2D eigenvalue weighted by Crippen LogP contribution is 2.39.